The second-order valence-electron chi connectivity index (χ2n) is 7.28. The highest BCUT2D eigenvalue weighted by Crippen LogP contribution is 2.39. The van der Waals surface area contributed by atoms with Crippen molar-refractivity contribution in [2.45, 2.75) is 26.8 Å². The maximum atomic E-state index is 9.89. The first-order valence-electron chi connectivity index (χ1n) is 9.88. The van der Waals surface area contributed by atoms with Crippen LogP contribution in [0.25, 0.3) is 33.8 Å². The number of nitrogen functional groups attached to an aromatic ring is 1. The minimum Gasteiger partial charge on any atom is -0.396 e. The van der Waals surface area contributed by atoms with Crippen LogP contribution in [0.15, 0.2) is 36.0 Å². The Balaban J connectivity index is 2.07. The number of anilines is 1. The van der Waals surface area contributed by atoms with Gasteiger partial charge in [-0.15, -0.1) is 11.3 Å². The fourth-order valence-electron chi connectivity index (χ4n) is 3.58. The summed E-state index contributed by atoms with van der Waals surface area (Å²) in [6.07, 6.45) is 3.82. The summed E-state index contributed by atoms with van der Waals surface area (Å²) < 4.78 is 2.00. The molecule has 4 aromatic rings. The van der Waals surface area contributed by atoms with E-state index in [0.29, 0.717) is 35.0 Å². The smallest absolute Gasteiger partial charge is 0.146 e. The van der Waals surface area contributed by atoms with Crippen LogP contribution in [0.3, 0.4) is 0 Å². The summed E-state index contributed by atoms with van der Waals surface area (Å²) in [6.45, 7) is 4.50. The van der Waals surface area contributed by atoms with Crippen LogP contribution in [0.5, 0.6) is 0 Å². The number of thiazole rings is 1. The molecule has 3 N–H and O–H groups in total. The molecule has 0 fully saturated rings. The van der Waals surface area contributed by atoms with Gasteiger partial charge in [0.15, 0.2) is 0 Å². The van der Waals surface area contributed by atoms with Crippen molar-refractivity contribution in [1.82, 2.24) is 19.5 Å². The Bertz CT molecular complexity index is 1310. The highest BCUT2D eigenvalue weighted by molar-refractivity contribution is 7.11. The quantitative estimate of drug-likeness (QED) is 0.443. The standard InChI is InChI=1S/C23H22N6OS/c1-14-4-6-16(7-5-14)19-18(10-17(11-24)23-28-15(2)12-31-23)29(8-3-9-30)22-20(19)21(25)26-13-27-22/h4-7,10,12-13,30H,3,8-9H2,1-2H3,(H2,25,26,27)/b17-10-. The summed E-state index contributed by atoms with van der Waals surface area (Å²) in [5.74, 6) is 0.376. The molecular formula is C23H22N6OS. The van der Waals surface area contributed by atoms with Gasteiger partial charge in [0.25, 0.3) is 0 Å². The van der Waals surface area contributed by atoms with Gasteiger partial charge in [0, 0.05) is 29.8 Å². The van der Waals surface area contributed by atoms with E-state index in [4.69, 9.17) is 5.73 Å². The average molecular weight is 431 g/mol. The molecule has 0 saturated carbocycles. The van der Waals surface area contributed by atoms with Gasteiger partial charge in [0.05, 0.1) is 16.7 Å². The number of nitrogens with two attached hydrogens (primary N) is 1. The molecule has 3 heterocycles. The third kappa shape index (κ3) is 3.93. The third-order valence-corrected chi connectivity index (χ3v) is 6.03. The largest absolute Gasteiger partial charge is 0.396 e. The molecular weight excluding hydrogens is 408 g/mol. The Kier molecular flexibility index (Phi) is 5.80. The molecule has 7 nitrogen and oxygen atoms in total. The predicted octanol–water partition coefficient (Wildman–Crippen LogP) is 4.20. The number of aryl methyl sites for hydroxylation is 3. The Morgan fingerprint density at radius 1 is 1.26 bits per heavy atom. The van der Waals surface area contributed by atoms with Crippen molar-refractivity contribution in [3.8, 4) is 17.2 Å². The SMILES string of the molecule is Cc1ccc(-c2c(/C=C(/C#N)c3nc(C)cs3)n(CCCO)c3ncnc(N)c23)cc1. The molecule has 0 aliphatic carbocycles. The summed E-state index contributed by atoms with van der Waals surface area (Å²) in [7, 11) is 0. The van der Waals surface area contributed by atoms with E-state index < -0.39 is 0 Å². The molecule has 0 aliphatic rings. The van der Waals surface area contributed by atoms with Gasteiger partial charge in [-0.3, -0.25) is 0 Å². The zero-order valence-corrected chi connectivity index (χ0v) is 18.1. The van der Waals surface area contributed by atoms with Crippen molar-refractivity contribution < 1.29 is 5.11 Å². The number of benzene rings is 1. The Hall–Kier alpha value is -3.54. The number of hydrogen-bond acceptors (Lipinski definition) is 7. The Labute approximate surface area is 184 Å². The second-order valence-corrected chi connectivity index (χ2v) is 8.13. The van der Waals surface area contributed by atoms with E-state index in [9.17, 15) is 10.4 Å². The molecule has 0 spiro atoms. The zero-order valence-electron chi connectivity index (χ0n) is 17.3. The minimum absolute atomic E-state index is 0.0417. The molecule has 8 heteroatoms. The molecule has 0 radical (unpaired) electrons. The second kappa shape index (κ2) is 8.68. The number of aromatic nitrogens is 4. The van der Waals surface area contributed by atoms with Crippen LogP contribution < -0.4 is 5.73 Å². The van der Waals surface area contributed by atoms with Crippen LogP contribution in [0, 0.1) is 25.2 Å². The number of nitriles is 1. The lowest BCUT2D eigenvalue weighted by Crippen LogP contribution is -2.04. The maximum absolute atomic E-state index is 9.89. The van der Waals surface area contributed by atoms with Crippen LogP contribution >= 0.6 is 11.3 Å². The number of nitrogens with zero attached hydrogens (tertiary/aromatic N) is 5. The van der Waals surface area contributed by atoms with Crippen molar-refractivity contribution in [1.29, 1.82) is 5.26 Å². The van der Waals surface area contributed by atoms with E-state index in [1.165, 1.54) is 17.7 Å². The van der Waals surface area contributed by atoms with Crippen molar-refractivity contribution in [3.63, 3.8) is 0 Å². The van der Waals surface area contributed by atoms with Gasteiger partial charge < -0.3 is 15.4 Å². The lowest BCUT2D eigenvalue weighted by molar-refractivity contribution is 0.280. The van der Waals surface area contributed by atoms with Gasteiger partial charge in [-0.05, 0) is 31.9 Å². The number of fused-ring (bicyclic) bond motifs is 1. The first kappa shape index (κ1) is 20.7. The fraction of sp³-hybridized carbons (Fsp3) is 0.217. The average Bonchev–Trinajstić information content (AvgIpc) is 3.33. The molecule has 1 aromatic carbocycles. The van der Waals surface area contributed by atoms with Gasteiger partial charge in [-0.1, -0.05) is 29.8 Å². The normalized spacial score (nSPS) is 11.7. The number of rotatable bonds is 6. The molecule has 0 amide bonds. The van der Waals surface area contributed by atoms with Crippen molar-refractivity contribution in [2.24, 2.45) is 0 Å². The minimum atomic E-state index is 0.0417. The topological polar surface area (TPSA) is 114 Å². The van der Waals surface area contributed by atoms with E-state index in [2.05, 4.69) is 21.0 Å². The molecule has 0 saturated heterocycles. The van der Waals surface area contributed by atoms with Crippen LogP contribution in [0.2, 0.25) is 0 Å². The molecule has 0 unspecified atom stereocenters. The van der Waals surface area contributed by atoms with Gasteiger partial charge >= 0.3 is 0 Å². The first-order chi connectivity index (χ1) is 15.0. The van der Waals surface area contributed by atoms with Crippen molar-refractivity contribution in [3.05, 3.63) is 57.9 Å². The van der Waals surface area contributed by atoms with Crippen LogP contribution in [-0.4, -0.2) is 31.2 Å². The Morgan fingerprint density at radius 3 is 2.68 bits per heavy atom. The summed E-state index contributed by atoms with van der Waals surface area (Å²) >= 11 is 1.44. The number of allylic oxidation sites excluding steroid dienone is 1. The van der Waals surface area contributed by atoms with Crippen LogP contribution in [-0.2, 0) is 6.54 Å². The summed E-state index contributed by atoms with van der Waals surface area (Å²) in [4.78, 5) is 13.2. The molecule has 31 heavy (non-hydrogen) atoms. The number of aliphatic hydroxyl groups excluding tert-OH is 1. The van der Waals surface area contributed by atoms with Gasteiger partial charge in [0.1, 0.15) is 28.9 Å². The lowest BCUT2D eigenvalue weighted by atomic mass is 10.0. The first-order valence-corrected chi connectivity index (χ1v) is 10.8. The van der Waals surface area contributed by atoms with E-state index in [-0.39, 0.29) is 6.61 Å². The summed E-state index contributed by atoms with van der Waals surface area (Å²) in [5.41, 5.74) is 12.1. The van der Waals surface area contributed by atoms with Crippen LogP contribution in [0.4, 0.5) is 5.82 Å². The van der Waals surface area contributed by atoms with E-state index in [0.717, 1.165) is 33.5 Å². The van der Waals surface area contributed by atoms with E-state index >= 15 is 0 Å². The van der Waals surface area contributed by atoms with E-state index in [1.54, 1.807) is 0 Å². The van der Waals surface area contributed by atoms with Crippen LogP contribution in [0.1, 0.15) is 28.4 Å². The maximum Gasteiger partial charge on any atom is 0.146 e. The summed E-state index contributed by atoms with van der Waals surface area (Å²) in [6, 6.07) is 10.4. The predicted molar refractivity (Wildman–Crippen MR) is 124 cm³/mol. The number of hydrogen-bond donors (Lipinski definition) is 2. The molecule has 4 rings (SSSR count). The van der Waals surface area contributed by atoms with Gasteiger partial charge in [-0.25, -0.2) is 15.0 Å². The third-order valence-electron chi connectivity index (χ3n) is 5.04. The fourth-order valence-corrected chi connectivity index (χ4v) is 4.35. The van der Waals surface area contributed by atoms with Gasteiger partial charge in [0.2, 0.25) is 0 Å². The van der Waals surface area contributed by atoms with E-state index in [1.807, 2.05) is 54.1 Å². The Morgan fingerprint density at radius 2 is 2.03 bits per heavy atom. The lowest BCUT2D eigenvalue weighted by Gasteiger charge is -2.09. The zero-order chi connectivity index (χ0) is 22.0. The highest BCUT2D eigenvalue weighted by atomic mass is 32.1. The van der Waals surface area contributed by atoms with Gasteiger partial charge in [-0.2, -0.15) is 5.26 Å². The molecule has 156 valence electrons. The highest BCUT2D eigenvalue weighted by Gasteiger charge is 2.22. The van der Waals surface area contributed by atoms with Crippen molar-refractivity contribution in [2.75, 3.05) is 12.3 Å². The molecule has 0 atom stereocenters. The molecule has 0 bridgehead atoms. The molecule has 3 aromatic heterocycles. The summed E-state index contributed by atoms with van der Waals surface area (Å²) in [5, 5.41) is 22.7. The van der Waals surface area contributed by atoms with Crippen molar-refractivity contribution >= 4 is 39.8 Å². The number of aliphatic hydroxyl groups is 1. The molecule has 0 aliphatic heterocycles. The monoisotopic (exact) mass is 430 g/mol.